The van der Waals surface area contributed by atoms with Crippen LogP contribution in [0.1, 0.15) is 39.0 Å². The normalized spacial score (nSPS) is 23.4. The highest BCUT2D eigenvalue weighted by molar-refractivity contribution is 5.81. The molecule has 0 amide bonds. The van der Waals surface area contributed by atoms with E-state index < -0.39 is 5.54 Å². The Bertz CT molecular complexity index is 297. The maximum Gasteiger partial charge on any atom is 0.326 e. The molecule has 5 heteroatoms. The van der Waals surface area contributed by atoms with Crippen molar-refractivity contribution in [3.05, 3.63) is 0 Å². The second kappa shape index (κ2) is 7.96. The Balaban J connectivity index is 1.82. The molecule has 1 saturated heterocycles. The van der Waals surface area contributed by atoms with Gasteiger partial charge in [0, 0.05) is 26.2 Å². The van der Waals surface area contributed by atoms with Crippen LogP contribution < -0.4 is 5.32 Å². The van der Waals surface area contributed by atoms with Crippen LogP contribution in [0.25, 0.3) is 0 Å². The number of carbonyl (C=O) groups is 1. The van der Waals surface area contributed by atoms with E-state index in [4.69, 9.17) is 9.47 Å². The van der Waals surface area contributed by atoms with Crippen molar-refractivity contribution in [2.24, 2.45) is 0 Å². The first-order valence-corrected chi connectivity index (χ1v) is 7.99. The molecule has 2 fully saturated rings. The highest BCUT2D eigenvalue weighted by Gasteiger charge is 2.40. The molecule has 0 radical (unpaired) electrons. The standard InChI is InChI=1S/C15H28N2O3/c1-2-20-14(18)15(6-4-3-5-7-15)16-8-9-17-10-12-19-13-11-17/h16H,2-13H2,1H3. The number of hydrogen-bond acceptors (Lipinski definition) is 5. The van der Waals surface area contributed by atoms with Crippen LogP contribution in [0.4, 0.5) is 0 Å². The molecular formula is C15H28N2O3. The number of carbonyl (C=O) groups excluding carboxylic acids is 1. The van der Waals surface area contributed by atoms with Gasteiger partial charge in [0.05, 0.1) is 19.8 Å². The fourth-order valence-electron chi connectivity index (χ4n) is 3.16. The van der Waals surface area contributed by atoms with Gasteiger partial charge in [-0.15, -0.1) is 0 Å². The molecule has 1 saturated carbocycles. The molecule has 1 aliphatic heterocycles. The molecule has 1 heterocycles. The lowest BCUT2D eigenvalue weighted by atomic mass is 9.81. The Morgan fingerprint density at radius 3 is 2.60 bits per heavy atom. The number of ether oxygens (including phenoxy) is 2. The zero-order valence-corrected chi connectivity index (χ0v) is 12.7. The van der Waals surface area contributed by atoms with Crippen LogP contribution in [0.15, 0.2) is 0 Å². The van der Waals surface area contributed by atoms with Crippen LogP contribution in [0.2, 0.25) is 0 Å². The van der Waals surface area contributed by atoms with Crippen molar-refractivity contribution < 1.29 is 14.3 Å². The molecule has 0 atom stereocenters. The average Bonchev–Trinajstić information content (AvgIpc) is 2.49. The van der Waals surface area contributed by atoms with Crippen LogP contribution in [0.3, 0.4) is 0 Å². The quantitative estimate of drug-likeness (QED) is 0.742. The van der Waals surface area contributed by atoms with Crippen molar-refractivity contribution >= 4 is 5.97 Å². The number of esters is 1. The molecule has 2 rings (SSSR count). The van der Waals surface area contributed by atoms with Gasteiger partial charge in [-0.3, -0.25) is 9.69 Å². The molecule has 0 spiro atoms. The third kappa shape index (κ3) is 4.17. The lowest BCUT2D eigenvalue weighted by Gasteiger charge is -2.36. The molecule has 1 aliphatic carbocycles. The summed E-state index contributed by atoms with van der Waals surface area (Å²) in [5.41, 5.74) is -0.430. The van der Waals surface area contributed by atoms with E-state index in [0.29, 0.717) is 6.61 Å². The smallest absolute Gasteiger partial charge is 0.326 e. The Hall–Kier alpha value is -0.650. The Morgan fingerprint density at radius 1 is 1.25 bits per heavy atom. The minimum atomic E-state index is -0.430. The minimum absolute atomic E-state index is 0.0540. The second-order valence-corrected chi connectivity index (χ2v) is 5.74. The van der Waals surface area contributed by atoms with E-state index in [0.717, 1.165) is 65.1 Å². The maximum atomic E-state index is 12.3. The molecule has 0 unspecified atom stereocenters. The highest BCUT2D eigenvalue weighted by atomic mass is 16.5. The number of nitrogens with zero attached hydrogens (tertiary/aromatic N) is 1. The van der Waals surface area contributed by atoms with E-state index in [1.54, 1.807) is 0 Å². The Kier molecular flexibility index (Phi) is 6.26. The second-order valence-electron chi connectivity index (χ2n) is 5.74. The SMILES string of the molecule is CCOC(=O)C1(NCCN2CCOCC2)CCCCC1. The predicted octanol–water partition coefficient (Wildman–Crippen LogP) is 1.17. The fraction of sp³-hybridized carbons (Fsp3) is 0.933. The molecule has 0 bridgehead atoms. The predicted molar refractivity (Wildman–Crippen MR) is 77.7 cm³/mol. The van der Waals surface area contributed by atoms with E-state index in [-0.39, 0.29) is 5.97 Å². The van der Waals surface area contributed by atoms with Crippen molar-refractivity contribution in [3.63, 3.8) is 0 Å². The zero-order valence-electron chi connectivity index (χ0n) is 12.7. The fourth-order valence-corrected chi connectivity index (χ4v) is 3.16. The monoisotopic (exact) mass is 284 g/mol. The summed E-state index contributed by atoms with van der Waals surface area (Å²) in [5.74, 6) is -0.0540. The van der Waals surface area contributed by atoms with E-state index in [1.165, 1.54) is 6.42 Å². The summed E-state index contributed by atoms with van der Waals surface area (Å²) < 4.78 is 10.6. The molecule has 0 aromatic rings. The molecular weight excluding hydrogens is 256 g/mol. The maximum absolute atomic E-state index is 12.3. The van der Waals surface area contributed by atoms with Crippen LogP contribution in [0.5, 0.6) is 0 Å². The van der Waals surface area contributed by atoms with Gasteiger partial charge in [-0.1, -0.05) is 19.3 Å². The molecule has 5 nitrogen and oxygen atoms in total. The summed E-state index contributed by atoms with van der Waals surface area (Å²) in [5, 5.41) is 3.51. The van der Waals surface area contributed by atoms with Crippen molar-refractivity contribution in [1.82, 2.24) is 10.2 Å². The highest BCUT2D eigenvalue weighted by Crippen LogP contribution is 2.29. The summed E-state index contributed by atoms with van der Waals surface area (Å²) >= 11 is 0. The van der Waals surface area contributed by atoms with Gasteiger partial charge in [0.15, 0.2) is 0 Å². The van der Waals surface area contributed by atoms with Crippen LogP contribution >= 0.6 is 0 Å². The van der Waals surface area contributed by atoms with Crippen molar-refractivity contribution in [3.8, 4) is 0 Å². The molecule has 0 aromatic carbocycles. The van der Waals surface area contributed by atoms with Crippen molar-refractivity contribution in [2.75, 3.05) is 46.0 Å². The van der Waals surface area contributed by atoms with Crippen LogP contribution in [-0.4, -0.2) is 62.4 Å². The third-order valence-corrected chi connectivity index (χ3v) is 4.37. The lowest BCUT2D eigenvalue weighted by molar-refractivity contribution is -0.152. The van der Waals surface area contributed by atoms with Gasteiger partial charge in [0.25, 0.3) is 0 Å². The van der Waals surface area contributed by atoms with Crippen LogP contribution in [-0.2, 0) is 14.3 Å². The number of morpholine rings is 1. The van der Waals surface area contributed by atoms with Gasteiger partial charge in [0.1, 0.15) is 5.54 Å². The summed E-state index contributed by atoms with van der Waals surface area (Å²) in [6.45, 7) is 7.80. The first kappa shape index (κ1) is 15.7. The van der Waals surface area contributed by atoms with Gasteiger partial charge in [0.2, 0.25) is 0 Å². The Labute approximate surface area is 122 Å². The van der Waals surface area contributed by atoms with Crippen molar-refractivity contribution in [1.29, 1.82) is 0 Å². The first-order chi connectivity index (χ1) is 9.77. The molecule has 2 aliphatic rings. The topological polar surface area (TPSA) is 50.8 Å². The van der Waals surface area contributed by atoms with E-state index >= 15 is 0 Å². The Morgan fingerprint density at radius 2 is 1.95 bits per heavy atom. The summed E-state index contributed by atoms with van der Waals surface area (Å²) in [7, 11) is 0. The van der Waals surface area contributed by atoms with Gasteiger partial charge in [-0.2, -0.15) is 0 Å². The lowest BCUT2D eigenvalue weighted by Crippen LogP contribution is -2.56. The summed E-state index contributed by atoms with van der Waals surface area (Å²) in [6.07, 6.45) is 5.28. The van der Waals surface area contributed by atoms with E-state index in [1.807, 2.05) is 6.92 Å². The third-order valence-electron chi connectivity index (χ3n) is 4.37. The van der Waals surface area contributed by atoms with Gasteiger partial charge >= 0.3 is 5.97 Å². The van der Waals surface area contributed by atoms with Crippen LogP contribution in [0, 0.1) is 0 Å². The molecule has 1 N–H and O–H groups in total. The average molecular weight is 284 g/mol. The number of rotatable bonds is 6. The van der Waals surface area contributed by atoms with Gasteiger partial charge < -0.3 is 14.8 Å². The molecule has 20 heavy (non-hydrogen) atoms. The molecule has 116 valence electrons. The minimum Gasteiger partial charge on any atom is -0.465 e. The largest absolute Gasteiger partial charge is 0.465 e. The number of hydrogen-bond donors (Lipinski definition) is 1. The summed E-state index contributed by atoms with van der Waals surface area (Å²) in [4.78, 5) is 14.7. The first-order valence-electron chi connectivity index (χ1n) is 7.99. The van der Waals surface area contributed by atoms with E-state index in [9.17, 15) is 4.79 Å². The van der Waals surface area contributed by atoms with Gasteiger partial charge in [-0.25, -0.2) is 0 Å². The van der Waals surface area contributed by atoms with Crippen molar-refractivity contribution in [2.45, 2.75) is 44.6 Å². The van der Waals surface area contributed by atoms with E-state index in [2.05, 4.69) is 10.2 Å². The molecule has 0 aromatic heterocycles. The zero-order chi connectivity index (χ0) is 14.3. The van der Waals surface area contributed by atoms with Gasteiger partial charge in [-0.05, 0) is 19.8 Å². The number of nitrogens with one attached hydrogen (secondary N) is 1. The summed E-state index contributed by atoms with van der Waals surface area (Å²) in [6, 6.07) is 0.